The van der Waals surface area contributed by atoms with Gasteiger partial charge in [-0.05, 0) is 55.4 Å². The summed E-state index contributed by atoms with van der Waals surface area (Å²) >= 11 is 0. The second kappa shape index (κ2) is 3.70. The molecule has 2 rings (SSSR count). The second-order valence-corrected chi connectivity index (χ2v) is 4.23. The number of hydrogen-bond donors (Lipinski definition) is 1. The van der Waals surface area contributed by atoms with Crippen LogP contribution in [0.2, 0.25) is 0 Å². The molecule has 0 aromatic heterocycles. The molecule has 1 aliphatic rings. The van der Waals surface area contributed by atoms with Crippen LogP contribution in [0.25, 0.3) is 0 Å². The summed E-state index contributed by atoms with van der Waals surface area (Å²) in [6, 6.07) is 5.15. The van der Waals surface area contributed by atoms with Gasteiger partial charge in [0.1, 0.15) is 5.82 Å². The van der Waals surface area contributed by atoms with Crippen LogP contribution in [-0.4, -0.2) is 11.2 Å². The van der Waals surface area contributed by atoms with Crippen molar-refractivity contribution >= 4 is 0 Å². The van der Waals surface area contributed by atoms with Gasteiger partial charge in [-0.15, -0.1) is 0 Å². The molecule has 2 unspecified atom stereocenters. The zero-order valence-corrected chi connectivity index (χ0v) is 8.33. The van der Waals surface area contributed by atoms with Crippen molar-refractivity contribution in [3.05, 3.63) is 35.1 Å². The molecule has 1 fully saturated rings. The van der Waals surface area contributed by atoms with Gasteiger partial charge >= 0.3 is 0 Å². The predicted molar refractivity (Wildman–Crippen MR) is 53.7 cm³/mol. The lowest BCUT2D eigenvalue weighted by Crippen LogP contribution is -2.00. The number of aliphatic hydroxyl groups is 1. The molecule has 1 aromatic carbocycles. The first-order valence-corrected chi connectivity index (χ1v) is 5.10. The maximum atomic E-state index is 13.1. The van der Waals surface area contributed by atoms with Gasteiger partial charge in [0, 0.05) is 0 Å². The van der Waals surface area contributed by atoms with Crippen LogP contribution in [0.15, 0.2) is 18.2 Å². The summed E-state index contributed by atoms with van der Waals surface area (Å²) in [6.45, 7) is 1.90. The topological polar surface area (TPSA) is 20.2 Å². The molecular formula is C12H15FO. The second-order valence-electron chi connectivity index (χ2n) is 4.23. The molecule has 0 spiro atoms. The number of aliphatic hydroxyl groups excluding tert-OH is 1. The van der Waals surface area contributed by atoms with Crippen molar-refractivity contribution in [3.63, 3.8) is 0 Å². The van der Waals surface area contributed by atoms with Gasteiger partial charge in [0.05, 0.1) is 6.10 Å². The average Bonchev–Trinajstić information content (AvgIpc) is 2.50. The van der Waals surface area contributed by atoms with Gasteiger partial charge in [0.15, 0.2) is 0 Å². The van der Waals surface area contributed by atoms with Crippen LogP contribution < -0.4 is 0 Å². The fourth-order valence-electron chi connectivity index (χ4n) is 2.26. The van der Waals surface area contributed by atoms with Crippen molar-refractivity contribution < 1.29 is 9.50 Å². The first-order valence-electron chi connectivity index (χ1n) is 5.10. The van der Waals surface area contributed by atoms with E-state index in [-0.39, 0.29) is 11.9 Å². The van der Waals surface area contributed by atoms with Crippen LogP contribution in [0.5, 0.6) is 0 Å². The molecule has 14 heavy (non-hydrogen) atoms. The van der Waals surface area contributed by atoms with Crippen molar-refractivity contribution in [1.82, 2.24) is 0 Å². The number of halogens is 1. The zero-order chi connectivity index (χ0) is 10.1. The smallest absolute Gasteiger partial charge is 0.123 e. The molecule has 0 aliphatic heterocycles. The molecule has 0 heterocycles. The summed E-state index contributed by atoms with van der Waals surface area (Å²) < 4.78 is 13.1. The van der Waals surface area contributed by atoms with E-state index in [0.29, 0.717) is 5.92 Å². The average molecular weight is 194 g/mol. The van der Waals surface area contributed by atoms with E-state index in [1.54, 1.807) is 6.07 Å². The number of hydrogen-bond acceptors (Lipinski definition) is 1. The highest BCUT2D eigenvalue weighted by molar-refractivity contribution is 5.27. The van der Waals surface area contributed by atoms with Gasteiger partial charge in [0.25, 0.3) is 0 Å². The Morgan fingerprint density at radius 1 is 1.29 bits per heavy atom. The van der Waals surface area contributed by atoms with Gasteiger partial charge in [-0.3, -0.25) is 0 Å². The Morgan fingerprint density at radius 2 is 2.07 bits per heavy atom. The SMILES string of the molecule is Cc1cc(F)cc(C2CCC(O)C2)c1. The molecule has 1 aliphatic carbocycles. The van der Waals surface area contributed by atoms with Crippen molar-refractivity contribution in [1.29, 1.82) is 0 Å². The minimum absolute atomic E-state index is 0.165. The lowest BCUT2D eigenvalue weighted by Gasteiger charge is -2.10. The first-order chi connectivity index (χ1) is 6.65. The third-order valence-electron chi connectivity index (χ3n) is 2.94. The van der Waals surface area contributed by atoms with Crippen molar-refractivity contribution in [2.75, 3.05) is 0 Å². The first kappa shape index (κ1) is 9.66. The van der Waals surface area contributed by atoms with E-state index in [1.165, 1.54) is 6.07 Å². The van der Waals surface area contributed by atoms with E-state index >= 15 is 0 Å². The maximum absolute atomic E-state index is 13.1. The Morgan fingerprint density at radius 3 is 2.64 bits per heavy atom. The molecule has 0 saturated heterocycles. The highest BCUT2D eigenvalue weighted by Crippen LogP contribution is 2.34. The minimum atomic E-state index is -0.191. The third-order valence-corrected chi connectivity index (χ3v) is 2.94. The van der Waals surface area contributed by atoms with Crippen molar-refractivity contribution in [2.45, 2.75) is 38.2 Å². The van der Waals surface area contributed by atoms with E-state index in [0.717, 1.165) is 30.4 Å². The van der Waals surface area contributed by atoms with Gasteiger partial charge in [-0.25, -0.2) is 4.39 Å². The van der Waals surface area contributed by atoms with Crippen LogP contribution in [0.3, 0.4) is 0 Å². The van der Waals surface area contributed by atoms with Crippen LogP contribution in [0.1, 0.15) is 36.3 Å². The van der Waals surface area contributed by atoms with E-state index in [1.807, 2.05) is 13.0 Å². The molecule has 1 aromatic rings. The molecule has 1 nitrogen and oxygen atoms in total. The third kappa shape index (κ3) is 1.95. The summed E-state index contributed by atoms with van der Waals surface area (Å²) in [4.78, 5) is 0. The summed E-state index contributed by atoms with van der Waals surface area (Å²) in [7, 11) is 0. The predicted octanol–water partition coefficient (Wildman–Crippen LogP) is 2.76. The summed E-state index contributed by atoms with van der Waals surface area (Å²) in [5, 5.41) is 9.41. The van der Waals surface area contributed by atoms with Crippen LogP contribution in [0.4, 0.5) is 4.39 Å². The van der Waals surface area contributed by atoms with Crippen LogP contribution >= 0.6 is 0 Å². The quantitative estimate of drug-likeness (QED) is 0.728. The van der Waals surface area contributed by atoms with E-state index in [2.05, 4.69) is 0 Å². The van der Waals surface area contributed by atoms with E-state index in [9.17, 15) is 9.50 Å². The molecule has 2 atom stereocenters. The van der Waals surface area contributed by atoms with E-state index in [4.69, 9.17) is 0 Å². The molecule has 0 amide bonds. The number of aryl methyl sites for hydroxylation is 1. The lowest BCUT2D eigenvalue weighted by molar-refractivity contribution is 0.181. The Labute approximate surface area is 83.6 Å². The van der Waals surface area contributed by atoms with E-state index < -0.39 is 0 Å². The highest BCUT2D eigenvalue weighted by Gasteiger charge is 2.24. The van der Waals surface area contributed by atoms with Crippen molar-refractivity contribution in [3.8, 4) is 0 Å². The molecule has 2 heteroatoms. The standard InChI is InChI=1S/C12H15FO/c1-8-4-10(6-11(13)5-8)9-2-3-12(14)7-9/h4-6,9,12,14H,2-3,7H2,1H3. The fourth-order valence-corrected chi connectivity index (χ4v) is 2.26. The Kier molecular flexibility index (Phi) is 2.55. The largest absolute Gasteiger partial charge is 0.393 e. The van der Waals surface area contributed by atoms with Gasteiger partial charge in [-0.1, -0.05) is 6.07 Å². The maximum Gasteiger partial charge on any atom is 0.123 e. The van der Waals surface area contributed by atoms with Gasteiger partial charge in [0.2, 0.25) is 0 Å². The molecule has 1 N–H and O–H groups in total. The zero-order valence-electron chi connectivity index (χ0n) is 8.33. The summed E-state index contributed by atoms with van der Waals surface area (Å²) in [5.74, 6) is 0.181. The molecule has 1 saturated carbocycles. The summed E-state index contributed by atoms with van der Waals surface area (Å²) in [5.41, 5.74) is 2.00. The normalized spacial score (nSPS) is 26.8. The Bertz CT molecular complexity index is 315. The van der Waals surface area contributed by atoms with Gasteiger partial charge < -0.3 is 5.11 Å². The van der Waals surface area contributed by atoms with Gasteiger partial charge in [-0.2, -0.15) is 0 Å². The number of benzene rings is 1. The van der Waals surface area contributed by atoms with Crippen molar-refractivity contribution in [2.24, 2.45) is 0 Å². The lowest BCUT2D eigenvalue weighted by atomic mass is 9.96. The fraction of sp³-hybridized carbons (Fsp3) is 0.500. The minimum Gasteiger partial charge on any atom is -0.393 e. The summed E-state index contributed by atoms with van der Waals surface area (Å²) in [6.07, 6.45) is 2.41. The Balaban J connectivity index is 2.23. The van der Waals surface area contributed by atoms with Crippen LogP contribution in [-0.2, 0) is 0 Å². The molecular weight excluding hydrogens is 179 g/mol. The molecule has 0 radical (unpaired) electrons. The highest BCUT2D eigenvalue weighted by atomic mass is 19.1. The molecule has 0 bridgehead atoms. The Hall–Kier alpha value is -0.890. The monoisotopic (exact) mass is 194 g/mol. The molecule has 76 valence electrons. The number of rotatable bonds is 1. The van der Waals surface area contributed by atoms with Crippen LogP contribution in [0, 0.1) is 12.7 Å².